The highest BCUT2D eigenvalue weighted by Crippen LogP contribution is 2.27. The molecule has 104 valence electrons. The van der Waals surface area contributed by atoms with Gasteiger partial charge in [0.1, 0.15) is 5.82 Å². The van der Waals surface area contributed by atoms with Crippen LogP contribution in [-0.2, 0) is 0 Å². The van der Waals surface area contributed by atoms with Crippen molar-refractivity contribution in [3.8, 4) is 0 Å². The summed E-state index contributed by atoms with van der Waals surface area (Å²) >= 11 is 1.88. The van der Waals surface area contributed by atoms with Crippen LogP contribution in [0.5, 0.6) is 0 Å². The molecule has 3 N–H and O–H groups in total. The van der Waals surface area contributed by atoms with Crippen LogP contribution in [0.4, 0.5) is 10.1 Å². The Morgan fingerprint density at radius 3 is 2.63 bits per heavy atom. The number of nitrogens with one attached hydrogen (secondary N) is 1. The van der Waals surface area contributed by atoms with Gasteiger partial charge in [0.25, 0.3) is 5.91 Å². The highest BCUT2D eigenvalue weighted by atomic mass is 32.2. The van der Waals surface area contributed by atoms with E-state index in [2.05, 4.69) is 11.6 Å². The van der Waals surface area contributed by atoms with Crippen molar-refractivity contribution < 1.29 is 9.18 Å². The summed E-state index contributed by atoms with van der Waals surface area (Å²) < 4.78 is 13.6. The number of thioether (sulfide) groups is 1. The molecule has 1 fully saturated rings. The van der Waals surface area contributed by atoms with Crippen molar-refractivity contribution in [2.75, 3.05) is 12.0 Å². The highest BCUT2D eigenvalue weighted by molar-refractivity contribution is 7.99. The summed E-state index contributed by atoms with van der Waals surface area (Å²) in [6.07, 6.45) is 6.27. The van der Waals surface area contributed by atoms with E-state index in [1.54, 1.807) is 6.07 Å². The lowest BCUT2D eigenvalue weighted by Gasteiger charge is -2.28. The molecule has 1 aliphatic rings. The molecule has 1 saturated carbocycles. The van der Waals surface area contributed by atoms with Gasteiger partial charge in [-0.3, -0.25) is 4.79 Å². The van der Waals surface area contributed by atoms with Crippen LogP contribution >= 0.6 is 11.8 Å². The molecule has 2 rings (SSSR count). The number of hydrogen-bond donors (Lipinski definition) is 2. The number of rotatable bonds is 3. The van der Waals surface area contributed by atoms with Crippen molar-refractivity contribution in [2.24, 2.45) is 0 Å². The number of carbonyl (C=O) groups is 1. The van der Waals surface area contributed by atoms with Gasteiger partial charge < -0.3 is 11.1 Å². The Morgan fingerprint density at radius 2 is 2.05 bits per heavy atom. The van der Waals surface area contributed by atoms with E-state index in [0.717, 1.165) is 25.7 Å². The summed E-state index contributed by atoms with van der Waals surface area (Å²) in [5, 5.41) is 3.61. The maximum Gasteiger partial charge on any atom is 0.254 e. The predicted molar refractivity (Wildman–Crippen MR) is 77.8 cm³/mol. The molecule has 0 bridgehead atoms. The maximum absolute atomic E-state index is 13.6. The molecule has 0 saturated heterocycles. The number of carbonyl (C=O) groups excluding carboxylic acids is 1. The molecule has 1 aliphatic carbocycles. The van der Waals surface area contributed by atoms with E-state index in [1.165, 1.54) is 12.1 Å². The lowest BCUT2D eigenvalue weighted by atomic mass is 9.94. The van der Waals surface area contributed by atoms with E-state index in [4.69, 9.17) is 5.73 Å². The smallest absolute Gasteiger partial charge is 0.254 e. The van der Waals surface area contributed by atoms with Crippen LogP contribution in [-0.4, -0.2) is 23.5 Å². The first-order valence-corrected chi connectivity index (χ1v) is 7.77. The third-order valence-corrected chi connectivity index (χ3v) is 4.72. The van der Waals surface area contributed by atoms with Gasteiger partial charge in [-0.25, -0.2) is 4.39 Å². The first-order chi connectivity index (χ1) is 9.10. The molecule has 5 heteroatoms. The van der Waals surface area contributed by atoms with E-state index < -0.39 is 5.82 Å². The third kappa shape index (κ3) is 3.62. The minimum Gasteiger partial charge on any atom is -0.399 e. The zero-order valence-corrected chi connectivity index (χ0v) is 11.8. The molecular weight excluding hydrogens is 263 g/mol. The summed E-state index contributed by atoms with van der Waals surface area (Å²) in [6, 6.07) is 4.32. The van der Waals surface area contributed by atoms with Gasteiger partial charge in [-0.1, -0.05) is 0 Å². The number of halogens is 1. The fraction of sp³-hybridized carbons (Fsp3) is 0.500. The van der Waals surface area contributed by atoms with Crippen LogP contribution in [0.2, 0.25) is 0 Å². The molecule has 0 heterocycles. The molecule has 0 aromatic heterocycles. The van der Waals surface area contributed by atoms with E-state index in [-0.39, 0.29) is 17.5 Å². The van der Waals surface area contributed by atoms with Gasteiger partial charge >= 0.3 is 0 Å². The molecule has 0 atom stereocenters. The molecule has 0 aliphatic heterocycles. The lowest BCUT2D eigenvalue weighted by Crippen LogP contribution is -2.38. The SMILES string of the molecule is CSC1CCC(NC(=O)c2ccc(N)cc2F)CC1. The Kier molecular flexibility index (Phi) is 4.69. The second kappa shape index (κ2) is 6.28. The molecule has 3 nitrogen and oxygen atoms in total. The molecule has 1 amide bonds. The quantitative estimate of drug-likeness (QED) is 0.838. The van der Waals surface area contributed by atoms with E-state index >= 15 is 0 Å². The summed E-state index contributed by atoms with van der Waals surface area (Å²) in [6.45, 7) is 0. The summed E-state index contributed by atoms with van der Waals surface area (Å²) in [5.41, 5.74) is 5.87. The van der Waals surface area contributed by atoms with Gasteiger partial charge in [0.15, 0.2) is 0 Å². The van der Waals surface area contributed by atoms with Gasteiger partial charge in [0.2, 0.25) is 0 Å². The van der Waals surface area contributed by atoms with Crippen LogP contribution in [0, 0.1) is 5.82 Å². The highest BCUT2D eigenvalue weighted by Gasteiger charge is 2.23. The third-order valence-electron chi connectivity index (χ3n) is 3.58. The monoisotopic (exact) mass is 282 g/mol. The van der Waals surface area contributed by atoms with Gasteiger partial charge in [-0.05, 0) is 50.1 Å². The number of nitrogens with two attached hydrogens (primary N) is 1. The summed E-state index contributed by atoms with van der Waals surface area (Å²) in [5.74, 6) is -0.902. The normalized spacial score (nSPS) is 23.1. The number of hydrogen-bond acceptors (Lipinski definition) is 3. The van der Waals surface area contributed by atoms with Gasteiger partial charge in [0.05, 0.1) is 5.56 Å². The maximum atomic E-state index is 13.6. The minimum absolute atomic E-state index is 0.0705. The Balaban J connectivity index is 1.94. The molecular formula is C14H19FN2OS. The number of anilines is 1. The Bertz CT molecular complexity index is 459. The summed E-state index contributed by atoms with van der Waals surface area (Å²) in [4.78, 5) is 12.0. The number of amides is 1. The topological polar surface area (TPSA) is 55.1 Å². The van der Waals surface area contributed by atoms with Crippen LogP contribution < -0.4 is 11.1 Å². The van der Waals surface area contributed by atoms with Crippen LogP contribution in [0.1, 0.15) is 36.0 Å². The molecule has 1 aromatic rings. The first-order valence-electron chi connectivity index (χ1n) is 6.49. The van der Waals surface area contributed by atoms with Crippen LogP contribution in [0.3, 0.4) is 0 Å². The van der Waals surface area contributed by atoms with E-state index in [9.17, 15) is 9.18 Å². The van der Waals surface area contributed by atoms with Crippen LogP contribution in [0.15, 0.2) is 18.2 Å². The average molecular weight is 282 g/mol. The van der Waals surface area contributed by atoms with Crippen molar-refractivity contribution in [3.05, 3.63) is 29.6 Å². The minimum atomic E-state index is -0.560. The lowest BCUT2D eigenvalue weighted by molar-refractivity contribution is 0.0924. The fourth-order valence-corrected chi connectivity index (χ4v) is 3.17. The zero-order chi connectivity index (χ0) is 13.8. The first kappa shape index (κ1) is 14.2. The van der Waals surface area contributed by atoms with Crippen molar-refractivity contribution >= 4 is 23.4 Å². The Morgan fingerprint density at radius 1 is 1.37 bits per heavy atom. The van der Waals surface area contributed by atoms with E-state index in [0.29, 0.717) is 10.9 Å². The fourth-order valence-electron chi connectivity index (χ4n) is 2.42. The average Bonchev–Trinajstić information content (AvgIpc) is 2.39. The predicted octanol–water partition coefficient (Wildman–Crippen LogP) is 2.81. The van der Waals surface area contributed by atoms with Crippen molar-refractivity contribution in [3.63, 3.8) is 0 Å². The van der Waals surface area contributed by atoms with Crippen LogP contribution in [0.25, 0.3) is 0 Å². The molecule has 19 heavy (non-hydrogen) atoms. The van der Waals surface area contributed by atoms with Gasteiger partial charge in [0, 0.05) is 17.0 Å². The molecule has 0 radical (unpaired) electrons. The van der Waals surface area contributed by atoms with Crippen molar-refractivity contribution in [1.82, 2.24) is 5.32 Å². The standard InChI is InChI=1S/C14H19FN2OS/c1-19-11-5-3-10(4-6-11)17-14(18)12-7-2-9(16)8-13(12)15/h2,7-8,10-11H,3-6,16H2,1H3,(H,17,18). The second-order valence-corrected chi connectivity index (χ2v) is 6.06. The van der Waals surface area contributed by atoms with Crippen molar-refractivity contribution in [1.29, 1.82) is 0 Å². The summed E-state index contributed by atoms with van der Waals surface area (Å²) in [7, 11) is 0. The van der Waals surface area contributed by atoms with Crippen molar-refractivity contribution in [2.45, 2.75) is 37.0 Å². The largest absolute Gasteiger partial charge is 0.399 e. The molecule has 0 unspecified atom stereocenters. The number of benzene rings is 1. The van der Waals surface area contributed by atoms with E-state index in [1.807, 2.05) is 11.8 Å². The zero-order valence-electron chi connectivity index (χ0n) is 11.0. The molecule has 0 spiro atoms. The number of nitrogen functional groups attached to an aromatic ring is 1. The molecule has 1 aromatic carbocycles. The Hall–Kier alpha value is -1.23. The van der Waals surface area contributed by atoms with Gasteiger partial charge in [-0.15, -0.1) is 0 Å². The van der Waals surface area contributed by atoms with Gasteiger partial charge in [-0.2, -0.15) is 11.8 Å². The second-order valence-electron chi connectivity index (χ2n) is 4.92. The Labute approximate surface area is 117 Å².